The van der Waals surface area contributed by atoms with Crippen molar-refractivity contribution in [3.63, 3.8) is 0 Å². The molecule has 34 heavy (non-hydrogen) atoms. The Morgan fingerprint density at radius 2 is 2.03 bits per heavy atom. The predicted molar refractivity (Wildman–Crippen MR) is 129 cm³/mol. The van der Waals surface area contributed by atoms with Crippen LogP contribution in [0.4, 0.5) is 18.9 Å². The number of benzene rings is 1. The first-order valence-electron chi connectivity index (χ1n) is 10.8. The summed E-state index contributed by atoms with van der Waals surface area (Å²) in [6, 6.07) is 9.00. The molecule has 2 heterocycles. The summed E-state index contributed by atoms with van der Waals surface area (Å²) in [7, 11) is 0. The molecular formula is C25H24F3N3OS2. The van der Waals surface area contributed by atoms with Gasteiger partial charge >= 0.3 is 6.18 Å². The number of anilines is 1. The van der Waals surface area contributed by atoms with Crippen LogP contribution in [0.2, 0.25) is 0 Å². The van der Waals surface area contributed by atoms with Crippen molar-refractivity contribution in [2.24, 2.45) is 11.1 Å². The molecule has 0 spiro atoms. The number of halogens is 3. The van der Waals surface area contributed by atoms with Gasteiger partial charge in [-0.3, -0.25) is 9.69 Å². The number of nitriles is 1. The van der Waals surface area contributed by atoms with Gasteiger partial charge in [0.1, 0.15) is 5.82 Å². The molecule has 1 aliphatic heterocycles. The second-order valence-electron chi connectivity index (χ2n) is 9.11. The van der Waals surface area contributed by atoms with E-state index >= 15 is 0 Å². The molecule has 1 aromatic heterocycles. The van der Waals surface area contributed by atoms with Crippen molar-refractivity contribution in [2.75, 3.05) is 10.7 Å². The van der Waals surface area contributed by atoms with E-state index in [1.165, 1.54) is 28.4 Å². The van der Waals surface area contributed by atoms with E-state index in [4.69, 9.17) is 5.73 Å². The lowest BCUT2D eigenvalue weighted by atomic mass is 9.69. The molecule has 2 aliphatic rings. The van der Waals surface area contributed by atoms with Gasteiger partial charge in [-0.2, -0.15) is 18.4 Å². The monoisotopic (exact) mass is 503 g/mol. The Kier molecular flexibility index (Phi) is 6.34. The van der Waals surface area contributed by atoms with Gasteiger partial charge in [0.05, 0.1) is 23.1 Å². The molecule has 0 amide bonds. The molecule has 0 fully saturated rings. The highest BCUT2D eigenvalue weighted by Crippen LogP contribution is 2.52. The zero-order valence-electron chi connectivity index (χ0n) is 19.0. The quantitative estimate of drug-likeness (QED) is 0.464. The fourth-order valence-corrected chi connectivity index (χ4v) is 6.73. The predicted octanol–water partition coefficient (Wildman–Crippen LogP) is 6.82. The number of hydrogen-bond acceptors (Lipinski definition) is 6. The van der Waals surface area contributed by atoms with Gasteiger partial charge in [-0.15, -0.1) is 23.1 Å². The third-order valence-corrected chi connectivity index (χ3v) is 8.10. The SMILES string of the molecule is CCSc1ccsc1[C@@H]1C(C#N)=C(N)N(c2cccc(C(F)(F)F)c2)C2=C1C(=O)CC(C)(C)C2. The van der Waals surface area contributed by atoms with Crippen molar-refractivity contribution in [1.82, 2.24) is 0 Å². The lowest BCUT2D eigenvalue weighted by Crippen LogP contribution is -2.42. The van der Waals surface area contributed by atoms with Gasteiger partial charge in [0.15, 0.2) is 5.78 Å². The van der Waals surface area contributed by atoms with Crippen LogP contribution in [-0.2, 0) is 11.0 Å². The Morgan fingerprint density at radius 1 is 1.29 bits per heavy atom. The van der Waals surface area contributed by atoms with Crippen molar-refractivity contribution < 1.29 is 18.0 Å². The van der Waals surface area contributed by atoms with Crippen LogP contribution in [-0.4, -0.2) is 11.5 Å². The summed E-state index contributed by atoms with van der Waals surface area (Å²) >= 11 is 3.09. The van der Waals surface area contributed by atoms with Crippen LogP contribution in [0.15, 0.2) is 63.3 Å². The first-order valence-corrected chi connectivity index (χ1v) is 12.7. The lowest BCUT2D eigenvalue weighted by molar-refractivity contribution is -0.137. The molecule has 0 unspecified atom stereocenters. The maximum absolute atomic E-state index is 13.6. The zero-order valence-corrected chi connectivity index (χ0v) is 20.6. The van der Waals surface area contributed by atoms with Gasteiger partial charge in [-0.05, 0) is 47.2 Å². The number of allylic oxidation sites excluding steroid dienone is 3. The number of thioether (sulfide) groups is 1. The van der Waals surface area contributed by atoms with E-state index in [1.807, 2.05) is 32.2 Å². The Balaban J connectivity index is 1.99. The van der Waals surface area contributed by atoms with Gasteiger partial charge in [0.2, 0.25) is 0 Å². The largest absolute Gasteiger partial charge is 0.416 e. The Bertz CT molecular complexity index is 1250. The number of Topliss-reactive ketones (excluding diaryl/α,β-unsaturated/α-hetero) is 1. The van der Waals surface area contributed by atoms with Crippen molar-refractivity contribution in [1.29, 1.82) is 5.26 Å². The highest BCUT2D eigenvalue weighted by Gasteiger charge is 2.46. The second-order valence-corrected chi connectivity index (χ2v) is 11.4. The maximum Gasteiger partial charge on any atom is 0.416 e. The maximum atomic E-state index is 13.6. The number of thiophene rings is 1. The topological polar surface area (TPSA) is 70.1 Å². The zero-order chi connectivity index (χ0) is 24.8. The number of hydrogen-bond donors (Lipinski definition) is 1. The molecule has 0 bridgehead atoms. The average Bonchev–Trinajstić information content (AvgIpc) is 3.19. The van der Waals surface area contributed by atoms with Crippen LogP contribution in [0.3, 0.4) is 0 Å². The highest BCUT2D eigenvalue weighted by atomic mass is 32.2. The molecular weight excluding hydrogens is 479 g/mol. The molecule has 9 heteroatoms. The molecule has 2 aromatic rings. The van der Waals surface area contributed by atoms with Crippen molar-refractivity contribution in [3.8, 4) is 6.07 Å². The summed E-state index contributed by atoms with van der Waals surface area (Å²) in [5.74, 6) is 0.159. The minimum Gasteiger partial charge on any atom is -0.384 e. The number of carbonyl (C=O) groups excluding carboxylic acids is 1. The normalized spacial score (nSPS) is 20.4. The number of ketones is 1. The number of carbonyl (C=O) groups is 1. The van der Waals surface area contributed by atoms with Crippen molar-refractivity contribution in [3.05, 3.63) is 68.8 Å². The van der Waals surface area contributed by atoms with Crippen molar-refractivity contribution >= 4 is 34.6 Å². The number of alkyl halides is 3. The summed E-state index contributed by atoms with van der Waals surface area (Å²) in [6.45, 7) is 5.94. The van der Waals surface area contributed by atoms with Crippen LogP contribution >= 0.6 is 23.1 Å². The van der Waals surface area contributed by atoms with Gasteiger partial charge in [0, 0.05) is 33.2 Å². The van der Waals surface area contributed by atoms with Crippen LogP contribution in [0.5, 0.6) is 0 Å². The van der Waals surface area contributed by atoms with E-state index in [-0.39, 0.29) is 22.9 Å². The smallest absolute Gasteiger partial charge is 0.384 e. The third kappa shape index (κ3) is 4.25. The number of nitrogens with two attached hydrogens (primary N) is 1. The summed E-state index contributed by atoms with van der Waals surface area (Å²) in [4.78, 5) is 16.9. The van der Waals surface area contributed by atoms with Gasteiger partial charge in [-0.1, -0.05) is 26.8 Å². The highest BCUT2D eigenvalue weighted by molar-refractivity contribution is 7.99. The molecule has 1 aliphatic carbocycles. The number of rotatable bonds is 4. The van der Waals surface area contributed by atoms with Crippen LogP contribution in [0.25, 0.3) is 0 Å². The van der Waals surface area contributed by atoms with Crippen LogP contribution in [0.1, 0.15) is 50.0 Å². The molecule has 4 rings (SSSR count). The first-order chi connectivity index (χ1) is 16.0. The molecule has 0 radical (unpaired) electrons. The standard InChI is InChI=1S/C25H24F3N3OS2/c1-4-33-19-8-9-34-22(19)20-16(13-29)23(30)31(15-7-5-6-14(10-15)25(26,27)28)17-11-24(2,3)12-18(32)21(17)20/h5-10,20H,4,11-12,30H2,1-3H3/t20-/m1/s1. The Morgan fingerprint density at radius 3 is 2.68 bits per heavy atom. The molecule has 178 valence electrons. The first kappa shape index (κ1) is 24.4. The third-order valence-electron chi connectivity index (χ3n) is 6.03. The van der Waals surface area contributed by atoms with Gasteiger partial charge in [0.25, 0.3) is 0 Å². The van der Waals surface area contributed by atoms with E-state index in [0.29, 0.717) is 24.1 Å². The van der Waals surface area contributed by atoms with Crippen molar-refractivity contribution in [2.45, 2.75) is 50.6 Å². The molecule has 2 N–H and O–H groups in total. The summed E-state index contributed by atoms with van der Waals surface area (Å²) in [5.41, 5.74) is 6.73. The van der Waals surface area contributed by atoms with E-state index in [0.717, 1.165) is 27.7 Å². The Labute approximate surface area is 204 Å². The molecule has 0 saturated heterocycles. The van der Waals surface area contributed by atoms with Gasteiger partial charge in [-0.25, -0.2) is 0 Å². The second kappa shape index (κ2) is 8.82. The molecule has 1 aromatic carbocycles. The van der Waals surface area contributed by atoms with Crippen LogP contribution in [0, 0.1) is 16.7 Å². The minimum atomic E-state index is -4.53. The van der Waals surface area contributed by atoms with E-state index in [9.17, 15) is 23.2 Å². The summed E-state index contributed by atoms with van der Waals surface area (Å²) < 4.78 is 40.4. The molecule has 1 atom stereocenters. The molecule has 4 nitrogen and oxygen atoms in total. The number of nitrogens with zero attached hydrogens (tertiary/aromatic N) is 2. The summed E-state index contributed by atoms with van der Waals surface area (Å²) in [6.07, 6.45) is -3.80. The minimum absolute atomic E-state index is 0.0666. The van der Waals surface area contributed by atoms with E-state index in [2.05, 4.69) is 6.07 Å². The van der Waals surface area contributed by atoms with E-state index in [1.54, 1.807) is 11.8 Å². The fourth-order valence-electron chi connectivity index (χ4n) is 4.68. The van der Waals surface area contributed by atoms with E-state index < -0.39 is 23.1 Å². The fraction of sp³-hybridized carbons (Fsp3) is 0.360. The van der Waals surface area contributed by atoms with Crippen LogP contribution < -0.4 is 10.6 Å². The average molecular weight is 504 g/mol. The summed E-state index contributed by atoms with van der Waals surface area (Å²) in [5, 5.41) is 12.1. The Hall–Kier alpha value is -2.70. The van der Waals surface area contributed by atoms with Gasteiger partial charge < -0.3 is 5.73 Å². The lowest BCUT2D eigenvalue weighted by Gasteiger charge is -2.43. The molecule has 0 saturated carbocycles.